The molecule has 0 unspecified atom stereocenters. The number of aromatic nitrogens is 2. The second-order valence-corrected chi connectivity index (χ2v) is 3.58. The lowest BCUT2D eigenvalue weighted by Crippen LogP contribution is -2.09. The first-order chi connectivity index (χ1) is 6.11. The Hall–Kier alpha value is -1.03. The molecular weight excluding hydrogens is 166 g/mol. The van der Waals surface area contributed by atoms with E-state index in [1.165, 1.54) is 0 Å². The zero-order valence-electron chi connectivity index (χ0n) is 8.45. The van der Waals surface area contributed by atoms with Crippen LogP contribution in [0.15, 0.2) is 6.20 Å². The van der Waals surface area contributed by atoms with Crippen LogP contribution in [-0.4, -0.2) is 16.4 Å². The van der Waals surface area contributed by atoms with Gasteiger partial charge in [0.1, 0.15) is 6.73 Å². The van der Waals surface area contributed by atoms with Crippen LogP contribution < -0.4 is 5.73 Å². The summed E-state index contributed by atoms with van der Waals surface area (Å²) < 4.78 is 7.18. The summed E-state index contributed by atoms with van der Waals surface area (Å²) in [5.74, 6) is 0.549. The summed E-state index contributed by atoms with van der Waals surface area (Å²) >= 11 is 0. The molecule has 0 fully saturated rings. The molecule has 0 aromatic carbocycles. The summed E-state index contributed by atoms with van der Waals surface area (Å²) in [4.78, 5) is 0. The van der Waals surface area contributed by atoms with Crippen molar-refractivity contribution in [3.8, 4) is 0 Å². The van der Waals surface area contributed by atoms with E-state index in [1.54, 1.807) is 10.9 Å². The summed E-state index contributed by atoms with van der Waals surface area (Å²) in [7, 11) is 0. The maximum absolute atomic E-state index is 5.63. The van der Waals surface area contributed by atoms with Crippen LogP contribution in [0.5, 0.6) is 0 Å². The molecule has 74 valence electrons. The molecule has 4 heteroatoms. The Labute approximate surface area is 78.7 Å². The smallest absolute Gasteiger partial charge is 0.139 e. The van der Waals surface area contributed by atoms with E-state index in [1.807, 2.05) is 6.92 Å². The van der Waals surface area contributed by atoms with Gasteiger partial charge in [0.25, 0.3) is 0 Å². The molecule has 1 aromatic heterocycles. The van der Waals surface area contributed by atoms with E-state index in [4.69, 9.17) is 10.5 Å². The third-order valence-corrected chi connectivity index (χ3v) is 1.81. The highest BCUT2D eigenvalue weighted by Crippen LogP contribution is 2.08. The molecule has 13 heavy (non-hydrogen) atoms. The van der Waals surface area contributed by atoms with E-state index in [2.05, 4.69) is 18.9 Å². The minimum atomic E-state index is 0.487. The number of ether oxygens (including phenoxy) is 1. The van der Waals surface area contributed by atoms with E-state index in [9.17, 15) is 0 Å². The summed E-state index contributed by atoms with van der Waals surface area (Å²) in [6, 6.07) is 0. The molecule has 0 atom stereocenters. The van der Waals surface area contributed by atoms with Gasteiger partial charge in [0, 0.05) is 0 Å². The summed E-state index contributed by atoms with van der Waals surface area (Å²) in [6.45, 7) is 7.40. The Morgan fingerprint density at radius 1 is 1.62 bits per heavy atom. The van der Waals surface area contributed by atoms with Crippen LogP contribution in [0.4, 0.5) is 5.69 Å². The molecule has 0 amide bonds. The molecule has 0 aliphatic carbocycles. The Bertz CT molecular complexity index is 268. The Morgan fingerprint density at radius 3 is 2.77 bits per heavy atom. The molecule has 1 heterocycles. The molecule has 0 radical (unpaired) electrons. The molecule has 0 saturated carbocycles. The minimum absolute atomic E-state index is 0.487. The van der Waals surface area contributed by atoms with Gasteiger partial charge in [-0.3, -0.25) is 0 Å². The second kappa shape index (κ2) is 4.28. The second-order valence-electron chi connectivity index (χ2n) is 3.58. The molecule has 1 rings (SSSR count). The molecule has 0 aliphatic heterocycles. The lowest BCUT2D eigenvalue weighted by atomic mass is 10.2. The van der Waals surface area contributed by atoms with Crippen LogP contribution in [0.1, 0.15) is 19.5 Å². The van der Waals surface area contributed by atoms with Crippen molar-refractivity contribution in [3.63, 3.8) is 0 Å². The first-order valence-corrected chi connectivity index (χ1v) is 4.47. The van der Waals surface area contributed by atoms with Crippen molar-refractivity contribution in [2.45, 2.75) is 27.5 Å². The van der Waals surface area contributed by atoms with Crippen molar-refractivity contribution in [1.82, 2.24) is 9.78 Å². The Morgan fingerprint density at radius 2 is 2.31 bits per heavy atom. The van der Waals surface area contributed by atoms with Crippen LogP contribution >= 0.6 is 0 Å². The lowest BCUT2D eigenvalue weighted by molar-refractivity contribution is 0.0493. The Balaban J connectivity index is 2.41. The van der Waals surface area contributed by atoms with E-state index in [0.717, 1.165) is 12.3 Å². The average Bonchev–Trinajstić information content (AvgIpc) is 2.35. The van der Waals surface area contributed by atoms with Gasteiger partial charge in [-0.1, -0.05) is 13.8 Å². The number of rotatable bonds is 4. The van der Waals surface area contributed by atoms with Gasteiger partial charge in [0.2, 0.25) is 0 Å². The van der Waals surface area contributed by atoms with Gasteiger partial charge in [-0.25, -0.2) is 4.68 Å². The maximum Gasteiger partial charge on any atom is 0.139 e. The predicted molar refractivity (Wildman–Crippen MR) is 52.2 cm³/mol. The highest BCUT2D eigenvalue weighted by Gasteiger charge is 2.02. The Kier molecular flexibility index (Phi) is 3.31. The maximum atomic E-state index is 5.63. The summed E-state index contributed by atoms with van der Waals surface area (Å²) in [5.41, 5.74) is 7.31. The number of nitrogens with zero attached hydrogens (tertiary/aromatic N) is 2. The van der Waals surface area contributed by atoms with Gasteiger partial charge in [-0.15, -0.1) is 0 Å². The van der Waals surface area contributed by atoms with Crippen LogP contribution in [-0.2, 0) is 11.5 Å². The van der Waals surface area contributed by atoms with Crippen molar-refractivity contribution in [2.24, 2.45) is 5.92 Å². The van der Waals surface area contributed by atoms with Crippen LogP contribution in [0.3, 0.4) is 0 Å². The number of nitrogen functional groups attached to an aromatic ring is 1. The fourth-order valence-electron chi connectivity index (χ4n) is 0.966. The first-order valence-electron chi connectivity index (χ1n) is 4.47. The van der Waals surface area contributed by atoms with Gasteiger partial charge in [0.05, 0.1) is 24.2 Å². The van der Waals surface area contributed by atoms with Gasteiger partial charge < -0.3 is 10.5 Å². The first kappa shape index (κ1) is 10.1. The quantitative estimate of drug-likeness (QED) is 0.767. The number of anilines is 1. The molecule has 0 spiro atoms. The van der Waals surface area contributed by atoms with E-state index in [0.29, 0.717) is 18.3 Å². The number of hydrogen-bond acceptors (Lipinski definition) is 3. The summed E-state index contributed by atoms with van der Waals surface area (Å²) in [5, 5.41) is 4.08. The highest BCUT2D eigenvalue weighted by molar-refractivity contribution is 5.39. The third kappa shape index (κ3) is 2.73. The van der Waals surface area contributed by atoms with Crippen molar-refractivity contribution < 1.29 is 4.74 Å². The molecule has 0 bridgehead atoms. The highest BCUT2D eigenvalue weighted by atomic mass is 16.5. The molecule has 1 aromatic rings. The zero-order valence-corrected chi connectivity index (χ0v) is 8.45. The van der Waals surface area contributed by atoms with Crippen LogP contribution in [0.2, 0.25) is 0 Å². The standard InChI is InChI=1S/C9H17N3O/c1-7(2)5-13-6-12-8(3)9(10)4-11-12/h4,7H,5-6,10H2,1-3H3. The van der Waals surface area contributed by atoms with E-state index >= 15 is 0 Å². The number of hydrogen-bond donors (Lipinski definition) is 1. The van der Waals surface area contributed by atoms with Gasteiger partial charge in [-0.05, 0) is 12.8 Å². The third-order valence-electron chi connectivity index (χ3n) is 1.81. The zero-order chi connectivity index (χ0) is 9.84. The molecule has 0 aliphatic rings. The molecule has 4 nitrogen and oxygen atoms in total. The molecule has 0 saturated heterocycles. The van der Waals surface area contributed by atoms with E-state index < -0.39 is 0 Å². The van der Waals surface area contributed by atoms with Crippen LogP contribution in [0.25, 0.3) is 0 Å². The SMILES string of the molecule is Cc1c(N)cnn1COCC(C)C. The van der Waals surface area contributed by atoms with Crippen molar-refractivity contribution >= 4 is 5.69 Å². The normalized spacial score (nSPS) is 11.1. The topological polar surface area (TPSA) is 53.1 Å². The predicted octanol–water partition coefficient (Wildman–Crippen LogP) is 1.40. The largest absolute Gasteiger partial charge is 0.396 e. The summed E-state index contributed by atoms with van der Waals surface area (Å²) in [6.07, 6.45) is 1.65. The van der Waals surface area contributed by atoms with Crippen molar-refractivity contribution in [1.29, 1.82) is 0 Å². The van der Waals surface area contributed by atoms with Crippen molar-refractivity contribution in [3.05, 3.63) is 11.9 Å². The number of nitrogens with two attached hydrogens (primary N) is 1. The minimum Gasteiger partial charge on any atom is -0.396 e. The van der Waals surface area contributed by atoms with Crippen molar-refractivity contribution in [2.75, 3.05) is 12.3 Å². The molecule has 2 N–H and O–H groups in total. The monoisotopic (exact) mass is 183 g/mol. The van der Waals surface area contributed by atoms with Crippen LogP contribution in [0, 0.1) is 12.8 Å². The van der Waals surface area contributed by atoms with Gasteiger partial charge in [-0.2, -0.15) is 5.10 Å². The molecular formula is C9H17N3O. The lowest BCUT2D eigenvalue weighted by Gasteiger charge is -2.08. The van der Waals surface area contributed by atoms with Gasteiger partial charge in [0.15, 0.2) is 0 Å². The fraction of sp³-hybridized carbons (Fsp3) is 0.667. The van der Waals surface area contributed by atoms with Gasteiger partial charge >= 0.3 is 0 Å². The van der Waals surface area contributed by atoms with E-state index in [-0.39, 0.29) is 0 Å². The average molecular weight is 183 g/mol. The fourth-order valence-corrected chi connectivity index (χ4v) is 0.966.